The van der Waals surface area contributed by atoms with Gasteiger partial charge in [-0.3, -0.25) is 9.59 Å². The van der Waals surface area contributed by atoms with Crippen LogP contribution in [0.1, 0.15) is 28.7 Å². The van der Waals surface area contributed by atoms with Crippen molar-refractivity contribution in [3.63, 3.8) is 0 Å². The van der Waals surface area contributed by atoms with Crippen molar-refractivity contribution in [3.05, 3.63) is 46.2 Å². The van der Waals surface area contributed by atoms with E-state index in [1.165, 1.54) is 0 Å². The van der Waals surface area contributed by atoms with Gasteiger partial charge in [-0.2, -0.15) is 0 Å². The maximum atomic E-state index is 12.8. The first-order valence-corrected chi connectivity index (χ1v) is 9.15. The predicted octanol–water partition coefficient (Wildman–Crippen LogP) is 2.79. The number of amides is 2. The summed E-state index contributed by atoms with van der Waals surface area (Å²) in [5.74, 6) is 0.246. The van der Waals surface area contributed by atoms with Gasteiger partial charge in [0.1, 0.15) is 5.69 Å². The third-order valence-corrected chi connectivity index (χ3v) is 4.76. The van der Waals surface area contributed by atoms with Gasteiger partial charge in [0, 0.05) is 49.5 Å². The van der Waals surface area contributed by atoms with E-state index in [0.29, 0.717) is 48.5 Å². The number of hydrogen-bond donors (Lipinski definition) is 1. The zero-order valence-corrected chi connectivity index (χ0v) is 16.4. The highest BCUT2D eigenvalue weighted by Crippen LogP contribution is 2.22. The summed E-state index contributed by atoms with van der Waals surface area (Å²) in [4.78, 5) is 36.5. The SMILES string of the molecule is CC(=O)N1CCN(C(=O)c2cc(C)nc(Nc3ccc(Cl)cc3C)n2)CC1. The molecule has 27 heavy (non-hydrogen) atoms. The Bertz CT molecular complexity index is 878. The molecule has 0 bridgehead atoms. The minimum atomic E-state index is -0.153. The number of carbonyl (C=O) groups excluding carboxylic acids is 2. The Hall–Kier alpha value is -2.67. The van der Waals surface area contributed by atoms with Crippen LogP contribution in [0.3, 0.4) is 0 Å². The number of anilines is 2. The third-order valence-electron chi connectivity index (χ3n) is 4.52. The second-order valence-corrected chi connectivity index (χ2v) is 7.04. The van der Waals surface area contributed by atoms with Gasteiger partial charge in [-0.15, -0.1) is 0 Å². The van der Waals surface area contributed by atoms with E-state index in [2.05, 4.69) is 15.3 Å². The van der Waals surface area contributed by atoms with Gasteiger partial charge in [0.15, 0.2) is 0 Å². The minimum absolute atomic E-state index is 0.0322. The molecule has 2 aromatic rings. The standard InChI is InChI=1S/C19H22ClN5O2/c1-12-10-15(20)4-5-16(12)22-19-21-13(2)11-17(23-19)18(27)25-8-6-24(7-9-25)14(3)26/h4-5,10-11H,6-9H2,1-3H3,(H,21,22,23). The van der Waals surface area contributed by atoms with Gasteiger partial charge in [-0.05, 0) is 43.7 Å². The average molecular weight is 388 g/mol. The summed E-state index contributed by atoms with van der Waals surface area (Å²) in [6, 6.07) is 7.17. The molecule has 142 valence electrons. The summed E-state index contributed by atoms with van der Waals surface area (Å²) in [6.07, 6.45) is 0. The van der Waals surface area contributed by atoms with Crippen molar-refractivity contribution in [3.8, 4) is 0 Å². The van der Waals surface area contributed by atoms with Crippen molar-refractivity contribution in [1.82, 2.24) is 19.8 Å². The number of nitrogens with one attached hydrogen (secondary N) is 1. The lowest BCUT2D eigenvalue weighted by Gasteiger charge is -2.34. The van der Waals surface area contributed by atoms with Gasteiger partial charge >= 0.3 is 0 Å². The molecule has 0 radical (unpaired) electrons. The molecule has 1 N–H and O–H groups in total. The van der Waals surface area contributed by atoms with E-state index in [-0.39, 0.29) is 11.8 Å². The number of rotatable bonds is 3. The number of carbonyl (C=O) groups is 2. The van der Waals surface area contributed by atoms with E-state index in [1.54, 1.807) is 28.9 Å². The van der Waals surface area contributed by atoms with Crippen molar-refractivity contribution >= 4 is 35.1 Å². The van der Waals surface area contributed by atoms with Crippen LogP contribution in [0.2, 0.25) is 5.02 Å². The molecule has 1 aliphatic heterocycles. The zero-order valence-electron chi connectivity index (χ0n) is 15.6. The zero-order chi connectivity index (χ0) is 19.6. The quantitative estimate of drug-likeness (QED) is 0.876. The van der Waals surface area contributed by atoms with Crippen molar-refractivity contribution in [2.24, 2.45) is 0 Å². The average Bonchev–Trinajstić information content (AvgIpc) is 2.63. The minimum Gasteiger partial charge on any atom is -0.339 e. The first kappa shape index (κ1) is 19.1. The topological polar surface area (TPSA) is 78.4 Å². The van der Waals surface area contributed by atoms with Gasteiger partial charge in [0.05, 0.1) is 0 Å². The van der Waals surface area contributed by atoms with E-state index in [4.69, 9.17) is 11.6 Å². The maximum Gasteiger partial charge on any atom is 0.272 e. The molecular formula is C19H22ClN5O2. The molecule has 1 saturated heterocycles. The van der Waals surface area contributed by atoms with Gasteiger partial charge in [0.25, 0.3) is 5.91 Å². The molecule has 1 aromatic heterocycles. The first-order valence-electron chi connectivity index (χ1n) is 8.77. The molecular weight excluding hydrogens is 366 g/mol. The van der Waals surface area contributed by atoms with E-state index >= 15 is 0 Å². The van der Waals surface area contributed by atoms with E-state index < -0.39 is 0 Å². The second kappa shape index (κ2) is 7.92. The monoisotopic (exact) mass is 387 g/mol. The van der Waals surface area contributed by atoms with Crippen molar-refractivity contribution in [2.45, 2.75) is 20.8 Å². The van der Waals surface area contributed by atoms with Gasteiger partial charge in [0.2, 0.25) is 11.9 Å². The van der Waals surface area contributed by atoms with Gasteiger partial charge < -0.3 is 15.1 Å². The number of aromatic nitrogens is 2. The second-order valence-electron chi connectivity index (χ2n) is 6.60. The van der Waals surface area contributed by atoms with Crippen LogP contribution < -0.4 is 5.32 Å². The summed E-state index contributed by atoms with van der Waals surface area (Å²) in [6.45, 7) is 7.39. The van der Waals surface area contributed by atoms with Crippen LogP contribution in [0, 0.1) is 13.8 Å². The molecule has 0 atom stereocenters. The van der Waals surface area contributed by atoms with E-state index in [0.717, 1.165) is 11.3 Å². The molecule has 1 fully saturated rings. The molecule has 1 aromatic carbocycles. The summed E-state index contributed by atoms with van der Waals surface area (Å²) in [7, 11) is 0. The molecule has 1 aliphatic rings. The summed E-state index contributed by atoms with van der Waals surface area (Å²) in [5, 5.41) is 3.81. The Morgan fingerprint density at radius 1 is 1.04 bits per heavy atom. The molecule has 7 nitrogen and oxygen atoms in total. The molecule has 0 aliphatic carbocycles. The van der Waals surface area contributed by atoms with Crippen molar-refractivity contribution in [1.29, 1.82) is 0 Å². The van der Waals surface area contributed by atoms with Crippen LogP contribution in [-0.2, 0) is 4.79 Å². The fraction of sp³-hybridized carbons (Fsp3) is 0.368. The number of nitrogens with zero attached hydrogens (tertiary/aromatic N) is 4. The largest absolute Gasteiger partial charge is 0.339 e. The number of aryl methyl sites for hydroxylation is 2. The molecule has 0 unspecified atom stereocenters. The Morgan fingerprint density at radius 2 is 1.70 bits per heavy atom. The normalized spacial score (nSPS) is 14.2. The molecule has 2 amide bonds. The number of benzene rings is 1. The van der Waals surface area contributed by atoms with Gasteiger partial charge in [-0.25, -0.2) is 9.97 Å². The Kier molecular flexibility index (Phi) is 5.60. The fourth-order valence-corrected chi connectivity index (χ4v) is 3.23. The molecule has 2 heterocycles. The van der Waals surface area contributed by atoms with Crippen LogP contribution in [0.25, 0.3) is 0 Å². The summed E-state index contributed by atoms with van der Waals surface area (Å²) in [5.41, 5.74) is 2.83. The van der Waals surface area contributed by atoms with Crippen LogP contribution in [0.5, 0.6) is 0 Å². The number of halogens is 1. The maximum absolute atomic E-state index is 12.8. The number of hydrogen-bond acceptors (Lipinski definition) is 5. The van der Waals surface area contributed by atoms with Crippen molar-refractivity contribution < 1.29 is 9.59 Å². The Morgan fingerprint density at radius 3 is 2.33 bits per heavy atom. The fourth-order valence-electron chi connectivity index (χ4n) is 3.01. The lowest BCUT2D eigenvalue weighted by atomic mass is 10.2. The first-order chi connectivity index (χ1) is 12.8. The summed E-state index contributed by atoms with van der Waals surface area (Å²) < 4.78 is 0. The molecule has 3 rings (SSSR count). The molecule has 0 saturated carbocycles. The molecule has 8 heteroatoms. The molecule has 0 spiro atoms. The summed E-state index contributed by atoms with van der Waals surface area (Å²) >= 11 is 5.99. The highest BCUT2D eigenvalue weighted by molar-refractivity contribution is 6.30. The van der Waals surface area contributed by atoms with E-state index in [1.807, 2.05) is 26.0 Å². The Labute approximate surface area is 163 Å². The van der Waals surface area contributed by atoms with Crippen molar-refractivity contribution in [2.75, 3.05) is 31.5 Å². The van der Waals surface area contributed by atoms with Crippen LogP contribution in [0.4, 0.5) is 11.6 Å². The predicted molar refractivity (Wildman–Crippen MR) is 104 cm³/mol. The highest BCUT2D eigenvalue weighted by Gasteiger charge is 2.24. The van der Waals surface area contributed by atoms with Crippen LogP contribution in [0.15, 0.2) is 24.3 Å². The Balaban J connectivity index is 1.77. The van der Waals surface area contributed by atoms with Gasteiger partial charge in [-0.1, -0.05) is 11.6 Å². The third kappa shape index (κ3) is 4.54. The highest BCUT2D eigenvalue weighted by atomic mass is 35.5. The van der Waals surface area contributed by atoms with Crippen LogP contribution >= 0.6 is 11.6 Å². The number of piperazine rings is 1. The smallest absolute Gasteiger partial charge is 0.272 e. The lowest BCUT2D eigenvalue weighted by molar-refractivity contribution is -0.130. The van der Waals surface area contributed by atoms with E-state index in [9.17, 15) is 9.59 Å². The van der Waals surface area contributed by atoms with Crippen LogP contribution in [-0.4, -0.2) is 57.8 Å². The lowest BCUT2D eigenvalue weighted by Crippen LogP contribution is -2.50.